The highest BCUT2D eigenvalue weighted by Gasteiger charge is 2.39. The van der Waals surface area contributed by atoms with E-state index in [1.165, 1.54) is 0 Å². The van der Waals surface area contributed by atoms with E-state index in [0.29, 0.717) is 48.1 Å². The van der Waals surface area contributed by atoms with Crippen molar-refractivity contribution in [2.45, 2.75) is 84.0 Å². The largest absolute Gasteiger partial charge is 0.248 e. The second-order valence-corrected chi connectivity index (χ2v) is 9.06. The first-order chi connectivity index (χ1) is 12.8. The predicted molar refractivity (Wildman–Crippen MR) is 101 cm³/mol. The molecule has 1 aromatic carbocycles. The van der Waals surface area contributed by atoms with Crippen molar-refractivity contribution in [2.75, 3.05) is 0 Å². The maximum Gasteiger partial charge on any atom is 0.248 e. The Balaban J connectivity index is 1.43. The first kappa shape index (κ1) is 20.7. The number of halogens is 4. The van der Waals surface area contributed by atoms with Gasteiger partial charge < -0.3 is 0 Å². The zero-order chi connectivity index (χ0) is 19.6. The third kappa shape index (κ3) is 5.06. The average Bonchev–Trinajstić information content (AvgIpc) is 2.65. The van der Waals surface area contributed by atoms with E-state index in [2.05, 4.69) is 0 Å². The Morgan fingerprint density at radius 2 is 1.41 bits per heavy atom. The predicted octanol–water partition coefficient (Wildman–Crippen LogP) is 7.47. The average molecular weight is 385 g/mol. The normalized spacial score (nSPS) is 29.7. The molecule has 0 bridgehead atoms. The summed E-state index contributed by atoms with van der Waals surface area (Å²) < 4.78 is 54.7. The van der Waals surface area contributed by atoms with Gasteiger partial charge in [0, 0.05) is 5.92 Å². The first-order valence-corrected chi connectivity index (χ1v) is 10.6. The van der Waals surface area contributed by atoms with E-state index in [4.69, 9.17) is 0 Å². The van der Waals surface area contributed by atoms with Crippen molar-refractivity contribution in [1.82, 2.24) is 0 Å². The fourth-order valence-corrected chi connectivity index (χ4v) is 5.28. The fraction of sp³-hybridized carbons (Fsp3) is 0.739. The standard InChI is InChI=1S/C23H32F4/c1-15-3-7-19(22(25)21(15)24)10-6-16-4-8-17(9-5-16)18-11-13-20(14-12-18)23(2,26)27/h3,7,16-18,20H,4-6,8-14H2,1-2H3. The molecule has 0 saturated heterocycles. The van der Waals surface area contributed by atoms with Gasteiger partial charge in [-0.15, -0.1) is 0 Å². The Bertz CT molecular complexity index is 618. The van der Waals surface area contributed by atoms with Crippen LogP contribution in [0.5, 0.6) is 0 Å². The maximum absolute atomic E-state index is 14.0. The number of alkyl halides is 2. The van der Waals surface area contributed by atoms with Crippen LogP contribution in [-0.2, 0) is 6.42 Å². The molecule has 0 nitrogen and oxygen atoms in total. The number of rotatable bonds is 5. The monoisotopic (exact) mass is 384 g/mol. The van der Waals surface area contributed by atoms with Gasteiger partial charge in [-0.2, -0.15) is 0 Å². The van der Waals surface area contributed by atoms with Crippen molar-refractivity contribution in [3.05, 3.63) is 34.9 Å². The fourth-order valence-electron chi connectivity index (χ4n) is 5.28. The lowest BCUT2D eigenvalue weighted by molar-refractivity contribution is -0.0618. The third-order valence-electron chi connectivity index (χ3n) is 7.22. The summed E-state index contributed by atoms with van der Waals surface area (Å²) >= 11 is 0. The molecule has 0 radical (unpaired) electrons. The lowest BCUT2D eigenvalue weighted by Gasteiger charge is -2.39. The Morgan fingerprint density at radius 1 is 0.852 bits per heavy atom. The molecule has 0 heterocycles. The van der Waals surface area contributed by atoms with Crippen LogP contribution in [0.1, 0.15) is 75.8 Å². The van der Waals surface area contributed by atoms with Gasteiger partial charge in [0.15, 0.2) is 11.6 Å². The van der Waals surface area contributed by atoms with Gasteiger partial charge in [-0.1, -0.05) is 25.0 Å². The van der Waals surface area contributed by atoms with E-state index in [0.717, 1.165) is 51.9 Å². The van der Waals surface area contributed by atoms with Crippen LogP contribution in [0.25, 0.3) is 0 Å². The highest BCUT2D eigenvalue weighted by atomic mass is 19.3. The van der Waals surface area contributed by atoms with Gasteiger partial charge in [-0.3, -0.25) is 0 Å². The molecule has 2 aliphatic carbocycles. The summed E-state index contributed by atoms with van der Waals surface area (Å²) in [6.07, 6.45) is 9.28. The summed E-state index contributed by atoms with van der Waals surface area (Å²) in [5.41, 5.74) is 0.839. The van der Waals surface area contributed by atoms with E-state index in [9.17, 15) is 17.6 Å². The van der Waals surface area contributed by atoms with E-state index in [1.54, 1.807) is 19.1 Å². The number of aryl methyl sites for hydroxylation is 2. The number of hydrogen-bond acceptors (Lipinski definition) is 0. The van der Waals surface area contributed by atoms with Crippen LogP contribution < -0.4 is 0 Å². The van der Waals surface area contributed by atoms with Gasteiger partial charge in [0.25, 0.3) is 0 Å². The number of hydrogen-bond donors (Lipinski definition) is 0. The Kier molecular flexibility index (Phi) is 6.53. The Morgan fingerprint density at radius 3 is 1.96 bits per heavy atom. The van der Waals surface area contributed by atoms with Crippen molar-refractivity contribution in [1.29, 1.82) is 0 Å². The molecule has 27 heavy (non-hydrogen) atoms. The molecule has 0 unspecified atom stereocenters. The van der Waals surface area contributed by atoms with Crippen LogP contribution in [0, 0.1) is 42.2 Å². The van der Waals surface area contributed by atoms with E-state index < -0.39 is 23.5 Å². The molecule has 1 aromatic rings. The second kappa shape index (κ2) is 8.53. The lowest BCUT2D eigenvalue weighted by atomic mass is 9.68. The summed E-state index contributed by atoms with van der Waals surface area (Å²) in [6, 6.07) is 3.36. The van der Waals surface area contributed by atoms with Crippen LogP contribution in [0.3, 0.4) is 0 Å². The van der Waals surface area contributed by atoms with Gasteiger partial charge in [-0.05, 0) is 94.1 Å². The topological polar surface area (TPSA) is 0 Å². The van der Waals surface area contributed by atoms with Crippen molar-refractivity contribution >= 4 is 0 Å². The van der Waals surface area contributed by atoms with Gasteiger partial charge in [-0.25, -0.2) is 17.6 Å². The Labute approximate surface area is 160 Å². The SMILES string of the molecule is Cc1ccc(CCC2CCC(C3CCC(C(C)(F)F)CC3)CC2)c(F)c1F. The Hall–Kier alpha value is -1.06. The summed E-state index contributed by atoms with van der Waals surface area (Å²) in [5, 5.41) is 0. The minimum Gasteiger partial charge on any atom is -0.207 e. The molecule has 4 heteroatoms. The van der Waals surface area contributed by atoms with Crippen LogP contribution in [0.2, 0.25) is 0 Å². The summed E-state index contributed by atoms with van der Waals surface area (Å²) in [4.78, 5) is 0. The molecule has 2 fully saturated rings. The van der Waals surface area contributed by atoms with Crippen LogP contribution in [-0.4, -0.2) is 5.92 Å². The van der Waals surface area contributed by atoms with E-state index >= 15 is 0 Å². The third-order valence-corrected chi connectivity index (χ3v) is 7.22. The minimum atomic E-state index is -2.53. The highest BCUT2D eigenvalue weighted by Crippen LogP contribution is 2.45. The highest BCUT2D eigenvalue weighted by molar-refractivity contribution is 5.25. The summed E-state index contributed by atoms with van der Waals surface area (Å²) in [5.74, 6) is -2.53. The smallest absolute Gasteiger partial charge is 0.207 e. The van der Waals surface area contributed by atoms with Gasteiger partial charge in [0.05, 0.1) is 0 Å². The second-order valence-electron chi connectivity index (χ2n) is 9.06. The number of benzene rings is 1. The molecular weight excluding hydrogens is 352 g/mol. The zero-order valence-electron chi connectivity index (χ0n) is 16.5. The lowest BCUT2D eigenvalue weighted by Crippen LogP contribution is -2.32. The maximum atomic E-state index is 14.0. The molecule has 0 spiro atoms. The quantitative estimate of drug-likeness (QED) is 0.462. The molecule has 2 saturated carbocycles. The van der Waals surface area contributed by atoms with Crippen molar-refractivity contribution in [2.24, 2.45) is 23.7 Å². The molecule has 0 atom stereocenters. The zero-order valence-corrected chi connectivity index (χ0v) is 16.5. The van der Waals surface area contributed by atoms with E-state index in [-0.39, 0.29) is 0 Å². The van der Waals surface area contributed by atoms with Crippen LogP contribution >= 0.6 is 0 Å². The molecule has 2 aliphatic rings. The molecule has 0 amide bonds. The molecular formula is C23H32F4. The molecule has 3 rings (SSSR count). The minimum absolute atomic E-state index is 0.354. The van der Waals surface area contributed by atoms with E-state index in [1.807, 2.05) is 0 Å². The van der Waals surface area contributed by atoms with Gasteiger partial charge >= 0.3 is 0 Å². The van der Waals surface area contributed by atoms with Gasteiger partial charge in [0.2, 0.25) is 5.92 Å². The van der Waals surface area contributed by atoms with Gasteiger partial charge in [0.1, 0.15) is 0 Å². The molecule has 152 valence electrons. The van der Waals surface area contributed by atoms with Crippen molar-refractivity contribution < 1.29 is 17.6 Å². The molecule has 0 aromatic heterocycles. The van der Waals surface area contributed by atoms with Crippen LogP contribution in [0.15, 0.2) is 12.1 Å². The summed E-state index contributed by atoms with van der Waals surface area (Å²) in [7, 11) is 0. The molecule has 0 N–H and O–H groups in total. The molecule has 0 aliphatic heterocycles. The summed E-state index contributed by atoms with van der Waals surface area (Å²) in [6.45, 7) is 2.64. The van der Waals surface area contributed by atoms with Crippen molar-refractivity contribution in [3.8, 4) is 0 Å². The van der Waals surface area contributed by atoms with Crippen LogP contribution in [0.4, 0.5) is 17.6 Å². The first-order valence-electron chi connectivity index (χ1n) is 10.6. The van der Waals surface area contributed by atoms with Crippen molar-refractivity contribution in [3.63, 3.8) is 0 Å².